The first kappa shape index (κ1) is 20.6. The van der Waals surface area contributed by atoms with E-state index in [1.165, 1.54) is 0 Å². The molecule has 0 saturated carbocycles. The summed E-state index contributed by atoms with van der Waals surface area (Å²) in [7, 11) is 0. The summed E-state index contributed by atoms with van der Waals surface area (Å²) in [6.45, 7) is 3.03. The number of benzene rings is 1. The molecule has 1 unspecified atom stereocenters. The lowest BCUT2D eigenvalue weighted by Gasteiger charge is -2.36. The number of aromatic nitrogens is 1. The van der Waals surface area contributed by atoms with Crippen LogP contribution in [-0.2, 0) is 9.59 Å². The largest absolute Gasteiger partial charge is 0.368 e. The summed E-state index contributed by atoms with van der Waals surface area (Å²) in [5, 5.41) is 2.21. The van der Waals surface area contributed by atoms with E-state index in [2.05, 4.69) is 36.0 Å². The Morgan fingerprint density at radius 3 is 2.34 bits per heavy atom. The molecule has 3 aliphatic heterocycles. The van der Waals surface area contributed by atoms with Crippen molar-refractivity contribution in [2.24, 2.45) is 0 Å². The van der Waals surface area contributed by atoms with Gasteiger partial charge < -0.3 is 9.80 Å². The van der Waals surface area contributed by atoms with Crippen molar-refractivity contribution >= 4 is 51.1 Å². The zero-order valence-corrected chi connectivity index (χ0v) is 18.7. The van der Waals surface area contributed by atoms with E-state index < -0.39 is 23.8 Å². The highest BCUT2D eigenvalue weighted by molar-refractivity contribution is 9.10. The van der Waals surface area contributed by atoms with Crippen molar-refractivity contribution in [1.29, 1.82) is 0 Å². The number of imide groups is 2. The minimum Gasteiger partial charge on any atom is -0.368 e. The number of piperidine rings is 1. The molecule has 4 heterocycles. The number of fused-ring (bicyclic) bond motifs is 1. The van der Waals surface area contributed by atoms with Gasteiger partial charge in [-0.2, -0.15) is 0 Å². The standard InChI is InChI=1S/C22H20BrN5O4/c23-13-5-6-24-18(11-13)27-9-7-26(8-10-27)14-1-2-15-16(12-14)22(32)28(21(15)31)17-3-4-19(29)25-20(17)30/h1-2,5-6,11-12,17H,3-4,7-10H2,(H,25,29,30). The number of carbonyl (C=O) groups excluding carboxylic acids is 4. The molecule has 9 nitrogen and oxygen atoms in total. The van der Waals surface area contributed by atoms with E-state index in [0.29, 0.717) is 11.1 Å². The normalized spacial score (nSPS) is 21.2. The number of piperazine rings is 1. The molecule has 1 atom stereocenters. The summed E-state index contributed by atoms with van der Waals surface area (Å²) in [4.78, 5) is 59.3. The van der Waals surface area contributed by atoms with Crippen LogP contribution in [0.2, 0.25) is 0 Å². The molecule has 5 rings (SSSR count). The van der Waals surface area contributed by atoms with E-state index in [9.17, 15) is 19.2 Å². The Balaban J connectivity index is 1.32. The zero-order valence-electron chi connectivity index (χ0n) is 17.1. The lowest BCUT2D eigenvalue weighted by molar-refractivity contribution is -0.136. The summed E-state index contributed by atoms with van der Waals surface area (Å²) in [5.41, 5.74) is 1.45. The fourth-order valence-corrected chi connectivity index (χ4v) is 4.74. The molecule has 0 spiro atoms. The van der Waals surface area contributed by atoms with E-state index in [0.717, 1.165) is 47.1 Å². The van der Waals surface area contributed by atoms with Crippen LogP contribution in [0.1, 0.15) is 33.6 Å². The van der Waals surface area contributed by atoms with Crippen LogP contribution in [0.3, 0.4) is 0 Å². The van der Waals surface area contributed by atoms with Gasteiger partial charge in [-0.25, -0.2) is 4.98 Å². The number of nitrogens with zero attached hydrogens (tertiary/aromatic N) is 4. The second kappa shape index (κ2) is 8.01. The molecule has 1 aromatic heterocycles. The summed E-state index contributed by atoms with van der Waals surface area (Å²) >= 11 is 3.47. The molecule has 0 bridgehead atoms. The maximum Gasteiger partial charge on any atom is 0.262 e. The van der Waals surface area contributed by atoms with Gasteiger partial charge in [-0.3, -0.25) is 29.4 Å². The monoisotopic (exact) mass is 497 g/mol. The van der Waals surface area contributed by atoms with Crippen molar-refractivity contribution in [3.63, 3.8) is 0 Å². The number of hydrogen-bond acceptors (Lipinski definition) is 7. The number of carbonyl (C=O) groups is 4. The Hall–Kier alpha value is -3.27. The van der Waals surface area contributed by atoms with E-state index in [-0.39, 0.29) is 18.7 Å². The van der Waals surface area contributed by atoms with Crippen LogP contribution in [0, 0.1) is 0 Å². The maximum atomic E-state index is 13.0. The van der Waals surface area contributed by atoms with Crippen LogP contribution in [-0.4, -0.2) is 65.7 Å². The van der Waals surface area contributed by atoms with Gasteiger partial charge in [0.25, 0.3) is 11.8 Å². The predicted octanol–water partition coefficient (Wildman–Crippen LogP) is 1.57. The predicted molar refractivity (Wildman–Crippen MR) is 119 cm³/mol. The Morgan fingerprint density at radius 2 is 1.62 bits per heavy atom. The molecule has 32 heavy (non-hydrogen) atoms. The molecule has 2 saturated heterocycles. The number of pyridine rings is 1. The molecule has 2 aromatic rings. The number of rotatable bonds is 3. The van der Waals surface area contributed by atoms with Crippen molar-refractivity contribution in [1.82, 2.24) is 15.2 Å². The van der Waals surface area contributed by atoms with Gasteiger partial charge in [0.1, 0.15) is 11.9 Å². The van der Waals surface area contributed by atoms with Crippen LogP contribution in [0.5, 0.6) is 0 Å². The van der Waals surface area contributed by atoms with Gasteiger partial charge in [0.05, 0.1) is 11.1 Å². The highest BCUT2D eigenvalue weighted by atomic mass is 79.9. The maximum absolute atomic E-state index is 13.0. The summed E-state index contributed by atoms with van der Waals surface area (Å²) < 4.78 is 0.979. The second-order valence-corrected chi connectivity index (χ2v) is 8.90. The first-order chi connectivity index (χ1) is 15.4. The number of amides is 4. The molecule has 4 amide bonds. The summed E-state index contributed by atoms with van der Waals surface area (Å²) in [5.74, 6) is -1.06. The average Bonchev–Trinajstić information content (AvgIpc) is 3.04. The third kappa shape index (κ3) is 3.54. The molecule has 10 heteroatoms. The molecule has 0 radical (unpaired) electrons. The van der Waals surface area contributed by atoms with Gasteiger partial charge in [-0.1, -0.05) is 15.9 Å². The first-order valence-corrected chi connectivity index (χ1v) is 11.2. The van der Waals surface area contributed by atoms with Crippen molar-refractivity contribution in [3.8, 4) is 0 Å². The lowest BCUT2D eigenvalue weighted by Crippen LogP contribution is -2.54. The number of halogens is 1. The summed E-state index contributed by atoms with van der Waals surface area (Å²) in [6, 6.07) is 8.14. The first-order valence-electron chi connectivity index (χ1n) is 10.4. The Kier molecular flexibility index (Phi) is 5.16. The SMILES string of the molecule is O=C1CCC(N2C(=O)c3ccc(N4CCN(c5cc(Br)ccn5)CC4)cc3C2=O)C(=O)N1. The molecule has 1 aromatic carbocycles. The van der Waals surface area contributed by atoms with Crippen LogP contribution < -0.4 is 15.1 Å². The minimum atomic E-state index is -0.954. The average molecular weight is 498 g/mol. The van der Waals surface area contributed by atoms with Gasteiger partial charge in [-0.15, -0.1) is 0 Å². The quantitative estimate of drug-likeness (QED) is 0.641. The van der Waals surface area contributed by atoms with Gasteiger partial charge in [0, 0.05) is 49.0 Å². The van der Waals surface area contributed by atoms with Crippen molar-refractivity contribution in [3.05, 3.63) is 52.1 Å². The van der Waals surface area contributed by atoms with E-state index >= 15 is 0 Å². The van der Waals surface area contributed by atoms with Gasteiger partial charge in [0.2, 0.25) is 11.8 Å². The molecule has 1 N–H and O–H groups in total. The molecule has 3 aliphatic rings. The van der Waals surface area contributed by atoms with Crippen LogP contribution in [0.15, 0.2) is 41.0 Å². The Bertz CT molecular complexity index is 1140. The molecule has 0 aliphatic carbocycles. The van der Waals surface area contributed by atoms with Crippen molar-refractivity contribution in [2.45, 2.75) is 18.9 Å². The molecular formula is C22H20BrN5O4. The summed E-state index contributed by atoms with van der Waals surface area (Å²) in [6.07, 6.45) is 2.02. The van der Waals surface area contributed by atoms with Crippen molar-refractivity contribution < 1.29 is 19.2 Å². The van der Waals surface area contributed by atoms with Gasteiger partial charge in [-0.05, 0) is 36.8 Å². The van der Waals surface area contributed by atoms with E-state index in [4.69, 9.17) is 0 Å². The third-order valence-electron chi connectivity index (χ3n) is 6.10. The highest BCUT2D eigenvalue weighted by Crippen LogP contribution is 2.31. The fraction of sp³-hybridized carbons (Fsp3) is 0.318. The van der Waals surface area contributed by atoms with Gasteiger partial charge >= 0.3 is 0 Å². The van der Waals surface area contributed by atoms with Gasteiger partial charge in [0.15, 0.2) is 0 Å². The molecule has 2 fully saturated rings. The zero-order chi connectivity index (χ0) is 22.4. The number of hydrogen-bond donors (Lipinski definition) is 1. The molecular weight excluding hydrogens is 478 g/mol. The highest BCUT2D eigenvalue weighted by Gasteiger charge is 2.44. The van der Waals surface area contributed by atoms with E-state index in [1.54, 1.807) is 18.3 Å². The Labute approximate surface area is 192 Å². The lowest BCUT2D eigenvalue weighted by atomic mass is 10.0. The third-order valence-corrected chi connectivity index (χ3v) is 6.59. The number of anilines is 2. The van der Waals surface area contributed by atoms with Crippen LogP contribution in [0.4, 0.5) is 11.5 Å². The second-order valence-electron chi connectivity index (χ2n) is 7.98. The van der Waals surface area contributed by atoms with Crippen molar-refractivity contribution in [2.75, 3.05) is 36.0 Å². The van der Waals surface area contributed by atoms with E-state index in [1.807, 2.05) is 18.2 Å². The fourth-order valence-electron chi connectivity index (χ4n) is 4.42. The topological polar surface area (TPSA) is 103 Å². The minimum absolute atomic E-state index is 0.103. The molecule has 164 valence electrons. The number of nitrogens with one attached hydrogen (secondary N) is 1. The Morgan fingerprint density at radius 1 is 0.906 bits per heavy atom. The smallest absolute Gasteiger partial charge is 0.262 e. The van der Waals surface area contributed by atoms with Crippen LogP contribution >= 0.6 is 15.9 Å². The van der Waals surface area contributed by atoms with Crippen LogP contribution in [0.25, 0.3) is 0 Å².